The number of hydrogen-bond donors (Lipinski definition) is 0. The number of pyridine rings is 1. The van der Waals surface area contributed by atoms with E-state index in [0.717, 1.165) is 18.5 Å². The maximum atomic E-state index is 12.2. The molecule has 120 valence electrons. The highest BCUT2D eigenvalue weighted by atomic mass is 16.7. The quantitative estimate of drug-likeness (QED) is 0.855. The lowest BCUT2D eigenvalue weighted by molar-refractivity contribution is -0.140. The zero-order valence-electron chi connectivity index (χ0n) is 13.3. The van der Waals surface area contributed by atoms with Crippen LogP contribution in [0.3, 0.4) is 0 Å². The number of likely N-dealkylation sites (tertiary alicyclic amines) is 1. The van der Waals surface area contributed by atoms with Crippen LogP contribution in [0.25, 0.3) is 0 Å². The molecule has 3 rings (SSSR count). The topological polar surface area (TPSA) is 51.7 Å². The molecule has 0 saturated carbocycles. The van der Waals surface area contributed by atoms with Crippen LogP contribution in [-0.4, -0.2) is 47.9 Å². The second-order valence-corrected chi connectivity index (χ2v) is 6.49. The van der Waals surface area contributed by atoms with Gasteiger partial charge in [-0.15, -0.1) is 0 Å². The van der Waals surface area contributed by atoms with Crippen molar-refractivity contribution >= 4 is 5.91 Å². The highest BCUT2D eigenvalue weighted by molar-refractivity contribution is 5.77. The Morgan fingerprint density at radius 1 is 1.36 bits per heavy atom. The van der Waals surface area contributed by atoms with Gasteiger partial charge in [0.15, 0.2) is 6.29 Å². The largest absolute Gasteiger partial charge is 0.350 e. The average molecular weight is 304 g/mol. The summed E-state index contributed by atoms with van der Waals surface area (Å²) in [6.45, 7) is 6.11. The van der Waals surface area contributed by atoms with Crippen LogP contribution in [0.1, 0.15) is 38.8 Å². The molecule has 0 aliphatic carbocycles. The number of ether oxygens (including phenoxy) is 2. The third-order valence-electron chi connectivity index (χ3n) is 4.69. The van der Waals surface area contributed by atoms with Gasteiger partial charge in [-0.05, 0) is 32.4 Å². The van der Waals surface area contributed by atoms with E-state index in [1.54, 1.807) is 0 Å². The maximum Gasteiger partial charge on any atom is 0.222 e. The molecule has 2 aliphatic rings. The van der Waals surface area contributed by atoms with Gasteiger partial charge in [0.05, 0.1) is 13.2 Å². The standard InChI is InChI=1S/C17H24N2O3/c1-13(2)19-12-17(7-6-15(19)20,11-16-21-9-10-22-16)14-5-3-4-8-18-14/h3-5,8,13,16H,6-7,9-12H2,1-2H3. The number of hydrogen-bond acceptors (Lipinski definition) is 4. The summed E-state index contributed by atoms with van der Waals surface area (Å²) in [6.07, 6.45) is 3.74. The van der Waals surface area contributed by atoms with E-state index in [4.69, 9.17) is 9.47 Å². The molecule has 1 atom stereocenters. The van der Waals surface area contributed by atoms with Crippen LogP contribution in [0.2, 0.25) is 0 Å². The second kappa shape index (κ2) is 6.34. The smallest absolute Gasteiger partial charge is 0.222 e. The first-order chi connectivity index (χ1) is 10.6. The van der Waals surface area contributed by atoms with Gasteiger partial charge in [-0.3, -0.25) is 9.78 Å². The molecule has 3 heterocycles. The van der Waals surface area contributed by atoms with Crippen LogP contribution < -0.4 is 0 Å². The Balaban J connectivity index is 1.90. The van der Waals surface area contributed by atoms with E-state index in [1.165, 1.54) is 0 Å². The number of carbonyl (C=O) groups excluding carboxylic acids is 1. The average Bonchev–Trinajstić information content (AvgIpc) is 3.03. The Labute approximate surface area is 131 Å². The summed E-state index contributed by atoms with van der Waals surface area (Å²) >= 11 is 0. The summed E-state index contributed by atoms with van der Waals surface area (Å²) in [5, 5.41) is 0. The fourth-order valence-electron chi connectivity index (χ4n) is 3.45. The van der Waals surface area contributed by atoms with Crippen molar-refractivity contribution in [1.82, 2.24) is 9.88 Å². The SMILES string of the molecule is CC(C)N1CC(CC2OCCO2)(c2ccccn2)CCC1=O. The van der Waals surface area contributed by atoms with Gasteiger partial charge in [0.25, 0.3) is 0 Å². The number of aromatic nitrogens is 1. The van der Waals surface area contributed by atoms with E-state index in [1.807, 2.05) is 23.2 Å². The molecule has 0 radical (unpaired) electrons. The van der Waals surface area contributed by atoms with Crippen LogP contribution in [0.5, 0.6) is 0 Å². The summed E-state index contributed by atoms with van der Waals surface area (Å²) in [4.78, 5) is 18.8. The molecule has 2 saturated heterocycles. The van der Waals surface area contributed by atoms with E-state index < -0.39 is 0 Å². The molecule has 1 unspecified atom stereocenters. The third-order valence-corrected chi connectivity index (χ3v) is 4.69. The van der Waals surface area contributed by atoms with Crippen molar-refractivity contribution < 1.29 is 14.3 Å². The van der Waals surface area contributed by atoms with E-state index in [-0.39, 0.29) is 23.7 Å². The molecule has 5 nitrogen and oxygen atoms in total. The fraction of sp³-hybridized carbons (Fsp3) is 0.647. The highest BCUT2D eigenvalue weighted by Crippen LogP contribution is 2.39. The number of amides is 1. The molecule has 2 aliphatic heterocycles. The molecule has 5 heteroatoms. The lowest BCUT2D eigenvalue weighted by Gasteiger charge is -2.44. The first-order valence-corrected chi connectivity index (χ1v) is 8.05. The lowest BCUT2D eigenvalue weighted by atomic mass is 9.73. The molecule has 0 bridgehead atoms. The first-order valence-electron chi connectivity index (χ1n) is 8.05. The van der Waals surface area contributed by atoms with Crippen molar-refractivity contribution in [2.75, 3.05) is 19.8 Å². The summed E-state index contributed by atoms with van der Waals surface area (Å²) in [6, 6.07) is 6.19. The summed E-state index contributed by atoms with van der Waals surface area (Å²) in [5.41, 5.74) is 0.848. The molecule has 22 heavy (non-hydrogen) atoms. The molecule has 0 N–H and O–H groups in total. The van der Waals surface area contributed by atoms with Crippen LogP contribution in [0.4, 0.5) is 0 Å². The van der Waals surface area contributed by atoms with Crippen molar-refractivity contribution in [2.45, 2.75) is 50.9 Å². The number of nitrogens with zero attached hydrogens (tertiary/aromatic N) is 2. The molecule has 2 fully saturated rings. The van der Waals surface area contributed by atoms with Crippen molar-refractivity contribution in [3.8, 4) is 0 Å². The minimum absolute atomic E-state index is 0.186. The number of piperidine rings is 1. The van der Waals surface area contributed by atoms with Gasteiger partial charge >= 0.3 is 0 Å². The minimum atomic E-state index is -0.191. The minimum Gasteiger partial charge on any atom is -0.350 e. The molecule has 1 aromatic heterocycles. The molecule has 0 spiro atoms. The van der Waals surface area contributed by atoms with E-state index in [9.17, 15) is 4.79 Å². The van der Waals surface area contributed by atoms with Crippen molar-refractivity contribution in [1.29, 1.82) is 0 Å². The Morgan fingerprint density at radius 2 is 2.14 bits per heavy atom. The van der Waals surface area contributed by atoms with E-state index >= 15 is 0 Å². The van der Waals surface area contributed by atoms with Crippen LogP contribution in [0.15, 0.2) is 24.4 Å². The van der Waals surface area contributed by atoms with Crippen LogP contribution in [0, 0.1) is 0 Å². The summed E-state index contributed by atoms with van der Waals surface area (Å²) in [5.74, 6) is 0.231. The third kappa shape index (κ3) is 3.01. The van der Waals surface area contributed by atoms with Gasteiger partial charge in [-0.2, -0.15) is 0 Å². The lowest BCUT2D eigenvalue weighted by Crippen LogP contribution is -2.53. The van der Waals surface area contributed by atoms with Crippen LogP contribution >= 0.6 is 0 Å². The van der Waals surface area contributed by atoms with Crippen molar-refractivity contribution in [2.24, 2.45) is 0 Å². The summed E-state index contributed by atoms with van der Waals surface area (Å²) in [7, 11) is 0. The Bertz CT molecular complexity index is 514. The molecule has 1 aromatic rings. The molecular weight excluding hydrogens is 280 g/mol. The maximum absolute atomic E-state index is 12.2. The van der Waals surface area contributed by atoms with Gasteiger partial charge in [0.1, 0.15) is 0 Å². The van der Waals surface area contributed by atoms with E-state index in [0.29, 0.717) is 26.2 Å². The van der Waals surface area contributed by atoms with Gasteiger partial charge in [0, 0.05) is 42.7 Å². The van der Waals surface area contributed by atoms with Gasteiger partial charge in [0.2, 0.25) is 5.91 Å². The zero-order chi connectivity index (χ0) is 15.6. The van der Waals surface area contributed by atoms with Crippen LogP contribution in [-0.2, 0) is 19.7 Å². The highest BCUT2D eigenvalue weighted by Gasteiger charge is 2.44. The number of rotatable bonds is 4. The van der Waals surface area contributed by atoms with Gasteiger partial charge in [-0.1, -0.05) is 6.07 Å². The Morgan fingerprint density at radius 3 is 2.77 bits per heavy atom. The van der Waals surface area contributed by atoms with Gasteiger partial charge < -0.3 is 14.4 Å². The monoisotopic (exact) mass is 304 g/mol. The predicted molar refractivity (Wildman–Crippen MR) is 82.3 cm³/mol. The first kappa shape index (κ1) is 15.4. The normalized spacial score (nSPS) is 26.9. The molecular formula is C17H24N2O3. The molecule has 0 aromatic carbocycles. The molecule has 1 amide bonds. The van der Waals surface area contributed by atoms with Crippen molar-refractivity contribution in [3.05, 3.63) is 30.1 Å². The van der Waals surface area contributed by atoms with Crippen molar-refractivity contribution in [3.63, 3.8) is 0 Å². The Hall–Kier alpha value is -1.46. The Kier molecular flexibility index (Phi) is 4.45. The predicted octanol–water partition coefficient (Wildman–Crippen LogP) is 2.11. The van der Waals surface area contributed by atoms with E-state index in [2.05, 4.69) is 24.9 Å². The second-order valence-electron chi connectivity index (χ2n) is 6.49. The fourth-order valence-corrected chi connectivity index (χ4v) is 3.45. The zero-order valence-corrected chi connectivity index (χ0v) is 13.3. The number of carbonyl (C=O) groups is 1. The van der Waals surface area contributed by atoms with Gasteiger partial charge in [-0.25, -0.2) is 0 Å². The summed E-state index contributed by atoms with van der Waals surface area (Å²) < 4.78 is 11.3.